The highest BCUT2D eigenvalue weighted by Gasteiger charge is 2.46. The summed E-state index contributed by atoms with van der Waals surface area (Å²) in [5, 5.41) is 24.7. The number of urea groups is 1. The molecule has 0 aliphatic carbocycles. The van der Waals surface area contributed by atoms with E-state index in [1.807, 2.05) is 33.8 Å². The fourth-order valence-corrected chi connectivity index (χ4v) is 12.3. The molecule has 2 unspecified atom stereocenters. The molecule has 2 heterocycles. The number of nitrogens with zero attached hydrogens (tertiary/aromatic N) is 4. The molecule has 26 heteroatoms. The van der Waals surface area contributed by atoms with Crippen LogP contribution >= 0.6 is 0 Å². The van der Waals surface area contributed by atoms with Crippen LogP contribution < -0.4 is 38.1 Å². The Bertz CT molecular complexity index is 2780. The van der Waals surface area contributed by atoms with Crippen molar-refractivity contribution in [1.82, 2.24) is 46.2 Å². The molecule has 3 rings (SSSR count). The predicted octanol–water partition coefficient (Wildman–Crippen LogP) is 3.64. The Labute approximate surface area is 550 Å². The number of nitrogens with one attached hydrogen (secondary N) is 5. The number of nitrogens with two attached hydrogens (primary N) is 2. The normalized spacial score (nSPS) is 19.2. The largest absolute Gasteiger partial charge is 0.445 e. The van der Waals surface area contributed by atoms with Gasteiger partial charge in [-0.1, -0.05) is 118 Å². The molecule has 0 bridgehead atoms. The summed E-state index contributed by atoms with van der Waals surface area (Å²) in [7, 11) is 6.07. The number of aliphatic hydroxyl groups excluding tert-OH is 1. The number of carbonyl (C=O) groups excluding carboxylic acids is 11. The summed E-state index contributed by atoms with van der Waals surface area (Å²) in [6.07, 6.45) is 4.05. The average Bonchev–Trinajstić information content (AvgIpc) is 1.83. The Balaban J connectivity index is 1.73. The number of benzene rings is 1. The Kier molecular flexibility index (Phi) is 32.8. The SMILES string of the molecule is C/C=C\C(=C/C)[C@H](O)[C@@H](C)NC(=O)[C@H](C)[C@@H](OC)[C@@H]1CCCN1C(=O)C[C@@H](OC)[C@H]([C@@H](C)CC)N(C)C(=O)[C@H](NC(=O)[C@H](C(C)C)N(C)C(=O)OCc1ccc(CC(=O)[C@H](CCCNC(N)=O)NC(=O)[C@@H](NC(=O)C(CN)N2C(=O)CC(C)C2=O)C(C)C)cc1)C(C)C. The Morgan fingerprint density at radius 3 is 1.92 bits per heavy atom. The lowest BCUT2D eigenvalue weighted by atomic mass is 9.89. The van der Waals surface area contributed by atoms with Gasteiger partial charge in [0.05, 0.1) is 54.8 Å². The van der Waals surface area contributed by atoms with Gasteiger partial charge in [-0.2, -0.15) is 0 Å². The molecule has 0 radical (unpaired) electrons. The molecule has 14 atom stereocenters. The van der Waals surface area contributed by atoms with Crippen molar-refractivity contribution in [3.05, 3.63) is 59.2 Å². The lowest BCUT2D eigenvalue weighted by Gasteiger charge is -2.41. The number of hydrogen-bond acceptors (Lipinski definition) is 16. The molecule has 2 fully saturated rings. The van der Waals surface area contributed by atoms with Crippen LogP contribution in [0.15, 0.2) is 48.1 Å². The van der Waals surface area contributed by atoms with Crippen LogP contribution in [0.2, 0.25) is 0 Å². The van der Waals surface area contributed by atoms with Gasteiger partial charge in [0.2, 0.25) is 47.3 Å². The van der Waals surface area contributed by atoms with Crippen LogP contribution in [0.25, 0.3) is 0 Å². The molecule has 11 amide bonds. The molecule has 0 saturated carbocycles. The Morgan fingerprint density at radius 2 is 1.41 bits per heavy atom. The molecule has 0 spiro atoms. The zero-order valence-corrected chi connectivity index (χ0v) is 57.9. The molecule has 1 aromatic rings. The van der Waals surface area contributed by atoms with Crippen LogP contribution in [0.1, 0.15) is 146 Å². The summed E-state index contributed by atoms with van der Waals surface area (Å²) in [5.41, 5.74) is 12.9. The smallest absolute Gasteiger partial charge is 0.410 e. The summed E-state index contributed by atoms with van der Waals surface area (Å²) in [6, 6.07) is -1.63. The Morgan fingerprint density at radius 1 is 0.796 bits per heavy atom. The molecule has 10 N–H and O–H groups in total. The topological polar surface area (TPSA) is 361 Å². The molecule has 1 aromatic carbocycles. The highest BCUT2D eigenvalue weighted by atomic mass is 16.6. The van der Waals surface area contributed by atoms with Gasteiger partial charge in [-0.15, -0.1) is 0 Å². The van der Waals surface area contributed by atoms with Gasteiger partial charge in [0.25, 0.3) is 0 Å². The summed E-state index contributed by atoms with van der Waals surface area (Å²) in [5.74, 6) is -7.48. The van der Waals surface area contributed by atoms with Crippen molar-refractivity contribution in [2.24, 2.45) is 47.0 Å². The molecule has 2 saturated heterocycles. The lowest BCUT2D eigenvalue weighted by molar-refractivity contribution is -0.148. The minimum Gasteiger partial charge on any atom is -0.445 e. The fraction of sp³-hybridized carbons (Fsp3) is 0.687. The van der Waals surface area contributed by atoms with E-state index in [2.05, 4.69) is 26.6 Å². The van der Waals surface area contributed by atoms with Gasteiger partial charge < -0.3 is 67.2 Å². The van der Waals surface area contributed by atoms with Gasteiger partial charge in [-0.05, 0) is 86.8 Å². The first kappa shape index (κ1) is 79.9. The van der Waals surface area contributed by atoms with Gasteiger partial charge in [0, 0.05) is 66.7 Å². The second kappa shape index (κ2) is 38.2. The number of methoxy groups -OCH3 is 2. The van der Waals surface area contributed by atoms with Crippen molar-refractivity contribution in [3.8, 4) is 0 Å². The monoisotopic (exact) mass is 1310 g/mol. The number of rotatable bonds is 37. The third-order valence-electron chi connectivity index (χ3n) is 17.9. The third kappa shape index (κ3) is 22.2. The van der Waals surface area contributed by atoms with Crippen molar-refractivity contribution in [3.63, 3.8) is 0 Å². The van der Waals surface area contributed by atoms with Crippen LogP contribution in [0.3, 0.4) is 0 Å². The molecule has 2 aliphatic rings. The van der Waals surface area contributed by atoms with Crippen molar-refractivity contribution < 1.29 is 72.1 Å². The maximum Gasteiger partial charge on any atom is 0.410 e. The number of Topliss-reactive ketones (excluding diaryl/α,β-unsaturated/α-hetero) is 1. The number of ether oxygens (including phenoxy) is 3. The van der Waals surface area contributed by atoms with E-state index in [-0.39, 0.29) is 69.5 Å². The molecule has 93 heavy (non-hydrogen) atoms. The van der Waals surface area contributed by atoms with Crippen molar-refractivity contribution in [2.45, 2.75) is 215 Å². The van der Waals surface area contributed by atoms with Crippen molar-refractivity contribution in [2.75, 3.05) is 47.9 Å². The van der Waals surface area contributed by atoms with Crippen LogP contribution in [0, 0.1) is 35.5 Å². The lowest BCUT2D eigenvalue weighted by Crippen LogP contribution is -2.60. The predicted molar refractivity (Wildman–Crippen MR) is 351 cm³/mol. The van der Waals surface area contributed by atoms with E-state index in [9.17, 15) is 57.8 Å². The van der Waals surface area contributed by atoms with E-state index in [1.165, 1.54) is 26.2 Å². The van der Waals surface area contributed by atoms with Crippen LogP contribution in [-0.4, -0.2) is 204 Å². The highest BCUT2D eigenvalue weighted by Crippen LogP contribution is 2.31. The zero-order valence-electron chi connectivity index (χ0n) is 57.9. The second-order valence-electron chi connectivity index (χ2n) is 25.8. The van der Waals surface area contributed by atoms with Gasteiger partial charge in [0.1, 0.15) is 30.8 Å². The minimum absolute atomic E-state index is 0.0752. The molecule has 2 aliphatic heterocycles. The second-order valence-corrected chi connectivity index (χ2v) is 25.8. The number of allylic oxidation sites excluding steroid dienone is 2. The van der Waals surface area contributed by atoms with E-state index in [4.69, 9.17) is 25.7 Å². The van der Waals surface area contributed by atoms with E-state index >= 15 is 0 Å². The van der Waals surface area contributed by atoms with Gasteiger partial charge in [-0.25, -0.2) is 9.59 Å². The van der Waals surface area contributed by atoms with Gasteiger partial charge >= 0.3 is 12.1 Å². The number of carbonyl (C=O) groups is 11. The quantitative estimate of drug-likeness (QED) is 0.0268. The van der Waals surface area contributed by atoms with Gasteiger partial charge in [0.15, 0.2) is 5.78 Å². The average molecular weight is 1310 g/mol. The molecular weight excluding hydrogens is 1200 g/mol. The van der Waals surface area contributed by atoms with Crippen molar-refractivity contribution in [1.29, 1.82) is 0 Å². The highest BCUT2D eigenvalue weighted by molar-refractivity contribution is 6.07. The first-order valence-electron chi connectivity index (χ1n) is 32.7. The maximum absolute atomic E-state index is 14.8. The number of likely N-dealkylation sites (N-methyl/N-ethyl adjacent to an activating group) is 2. The zero-order chi connectivity index (χ0) is 70.3. The molecule has 26 nitrogen and oxygen atoms in total. The summed E-state index contributed by atoms with van der Waals surface area (Å²) >= 11 is 0. The number of amides is 11. The van der Waals surface area contributed by atoms with Crippen LogP contribution in [0.5, 0.6) is 0 Å². The number of primary amides is 1. The van der Waals surface area contributed by atoms with E-state index < -0.39 is 150 Å². The number of imide groups is 1. The summed E-state index contributed by atoms with van der Waals surface area (Å²) < 4.78 is 17.8. The van der Waals surface area contributed by atoms with Crippen LogP contribution in [-0.2, 0) is 70.4 Å². The first-order chi connectivity index (χ1) is 43.8. The molecule has 0 aromatic heterocycles. The molecule has 522 valence electrons. The van der Waals surface area contributed by atoms with E-state index in [0.717, 1.165) is 4.90 Å². The maximum atomic E-state index is 14.8. The fourth-order valence-electron chi connectivity index (χ4n) is 12.3. The number of aliphatic hydroxyl groups is 1. The Hall–Kier alpha value is -7.29. The van der Waals surface area contributed by atoms with Gasteiger partial charge in [-0.3, -0.25) is 53.0 Å². The standard InChI is InChI=1S/C67H109N11O15/c1-18-23-46(20-3)58(82)43(13)71-60(83)42(12)59(92-17)48-25-22-31-77(48)52(80)34-51(91-16)57(40(10)19-2)75(14)65(88)55(38(6)7)74-63(86)56(39(8)9)76(15)67(90)93-36-45-28-26-44(27-29-45)33-50(79)47(24-21-30-70-66(69)89)72-62(85)54(37(4)5)73-61(84)49(35-68)78-53(81)32-41(11)64(78)87/h18,20,23,26-29,37-43,47-49,51,54-59,82H,19,21-22,24-25,30-36,68H2,1-17H3,(H,71,83)(H,72,85)(H,73,84)(H,74,86)(H3,69,70,89)/b23-18-,46-20+/t40-,41?,42+,43+,47-,48-,49?,51+,54-,55+,56-,57-,58+,59+/m0/s1. The molecular formula is C67H109N11O15. The van der Waals surface area contributed by atoms with Crippen LogP contribution in [0.4, 0.5) is 9.59 Å². The minimum atomic E-state index is -1.35. The van der Waals surface area contributed by atoms with Crippen molar-refractivity contribution >= 4 is 65.2 Å². The number of ketones is 1. The van der Waals surface area contributed by atoms with E-state index in [0.29, 0.717) is 42.5 Å². The third-order valence-corrected chi connectivity index (χ3v) is 17.9. The summed E-state index contributed by atoms with van der Waals surface area (Å²) in [6.45, 7) is 23.0. The summed E-state index contributed by atoms with van der Waals surface area (Å²) in [4.78, 5) is 155. The first-order valence-corrected chi connectivity index (χ1v) is 32.7. The number of likely N-dealkylation sites (tertiary alicyclic amines) is 2. The number of hydrogen-bond donors (Lipinski definition) is 8. The van der Waals surface area contributed by atoms with E-state index in [1.54, 1.807) is 116 Å².